The fourth-order valence-corrected chi connectivity index (χ4v) is 1.30. The summed E-state index contributed by atoms with van der Waals surface area (Å²) < 4.78 is 0. The second kappa shape index (κ2) is 5.90. The van der Waals surface area contributed by atoms with Crippen LogP contribution in [0, 0.1) is 5.92 Å². The molecule has 1 rings (SSSR count). The number of halogens is 1. The van der Waals surface area contributed by atoms with E-state index in [9.17, 15) is 4.79 Å². The maximum atomic E-state index is 11.5. The van der Waals surface area contributed by atoms with Crippen LogP contribution in [-0.2, 0) is 11.2 Å². The molecule has 0 aliphatic rings. The summed E-state index contributed by atoms with van der Waals surface area (Å²) in [6, 6.07) is 0. The molecule has 1 unspecified atom stereocenters. The Bertz CT molecular complexity index is 298. The molecule has 1 aromatic rings. The van der Waals surface area contributed by atoms with Crippen LogP contribution in [0.1, 0.15) is 19.5 Å². The molecule has 2 N–H and O–H groups in total. The molecule has 0 bridgehead atoms. The number of hydrogen-bond donors (Lipinski definition) is 2. The predicted octanol–water partition coefficient (Wildman–Crippen LogP) is 1.49. The van der Waals surface area contributed by atoms with E-state index in [0.717, 1.165) is 12.1 Å². The highest BCUT2D eigenvalue weighted by Gasteiger charge is 2.17. The van der Waals surface area contributed by atoms with Gasteiger partial charge < -0.3 is 10.3 Å². The number of nitrogens with one attached hydrogen (secondary N) is 2. The molecule has 84 valence electrons. The van der Waals surface area contributed by atoms with Crippen molar-refractivity contribution in [3.05, 3.63) is 18.2 Å². The van der Waals surface area contributed by atoms with Gasteiger partial charge in [0, 0.05) is 24.9 Å². The average molecular weight is 274 g/mol. The van der Waals surface area contributed by atoms with E-state index < -0.39 is 0 Å². The van der Waals surface area contributed by atoms with Gasteiger partial charge in [0.15, 0.2) is 0 Å². The number of amides is 1. The van der Waals surface area contributed by atoms with Crippen LogP contribution in [0.3, 0.4) is 0 Å². The number of aromatic amines is 1. The first-order valence-electron chi connectivity index (χ1n) is 5.00. The molecule has 15 heavy (non-hydrogen) atoms. The lowest BCUT2D eigenvalue weighted by Gasteiger charge is -2.13. The maximum Gasteiger partial charge on any atom is 0.234 e. The average Bonchev–Trinajstić information content (AvgIpc) is 2.69. The molecule has 4 nitrogen and oxygen atoms in total. The van der Waals surface area contributed by atoms with Crippen molar-refractivity contribution in [2.75, 3.05) is 6.54 Å². The summed E-state index contributed by atoms with van der Waals surface area (Å²) in [5.41, 5.74) is 1.03. The third-order valence-electron chi connectivity index (χ3n) is 2.08. The number of carbonyl (C=O) groups is 1. The first-order chi connectivity index (χ1) is 7.11. The molecule has 0 aliphatic carbocycles. The van der Waals surface area contributed by atoms with E-state index in [1.807, 2.05) is 13.8 Å². The van der Waals surface area contributed by atoms with Gasteiger partial charge in [0.2, 0.25) is 5.91 Å². The van der Waals surface area contributed by atoms with Gasteiger partial charge in [-0.3, -0.25) is 4.79 Å². The van der Waals surface area contributed by atoms with Gasteiger partial charge in [-0.2, -0.15) is 0 Å². The highest BCUT2D eigenvalue weighted by molar-refractivity contribution is 9.10. The molecule has 0 spiro atoms. The third kappa shape index (κ3) is 4.03. The minimum atomic E-state index is -0.112. The number of aromatic nitrogens is 2. The topological polar surface area (TPSA) is 57.8 Å². The molecule has 0 radical (unpaired) electrons. The van der Waals surface area contributed by atoms with E-state index in [-0.39, 0.29) is 10.7 Å². The van der Waals surface area contributed by atoms with Gasteiger partial charge in [-0.25, -0.2) is 4.98 Å². The van der Waals surface area contributed by atoms with E-state index in [4.69, 9.17) is 0 Å². The number of alkyl halides is 1. The Kier molecular flexibility index (Phi) is 4.81. The highest BCUT2D eigenvalue weighted by atomic mass is 79.9. The lowest BCUT2D eigenvalue weighted by molar-refractivity contribution is -0.121. The number of rotatable bonds is 5. The summed E-state index contributed by atoms with van der Waals surface area (Å²) in [7, 11) is 0. The fourth-order valence-electron chi connectivity index (χ4n) is 1.14. The Labute approximate surface area is 98.0 Å². The predicted molar refractivity (Wildman–Crippen MR) is 62.9 cm³/mol. The summed E-state index contributed by atoms with van der Waals surface area (Å²) in [6.07, 6.45) is 4.18. The summed E-state index contributed by atoms with van der Waals surface area (Å²) in [5, 5.41) is 2.87. The second-order valence-electron chi connectivity index (χ2n) is 3.76. The molecule has 0 fully saturated rings. The molecule has 5 heteroatoms. The quantitative estimate of drug-likeness (QED) is 0.799. The van der Waals surface area contributed by atoms with Crippen LogP contribution >= 0.6 is 15.9 Å². The van der Waals surface area contributed by atoms with Crippen LogP contribution in [-0.4, -0.2) is 27.2 Å². The van der Waals surface area contributed by atoms with E-state index in [1.54, 1.807) is 12.5 Å². The van der Waals surface area contributed by atoms with Crippen molar-refractivity contribution < 1.29 is 4.79 Å². The monoisotopic (exact) mass is 273 g/mol. The van der Waals surface area contributed by atoms with Gasteiger partial charge in [0.05, 0.1) is 11.2 Å². The van der Waals surface area contributed by atoms with Crippen LogP contribution in [0.15, 0.2) is 12.5 Å². The Morgan fingerprint density at radius 3 is 2.93 bits per heavy atom. The van der Waals surface area contributed by atoms with Gasteiger partial charge >= 0.3 is 0 Å². The van der Waals surface area contributed by atoms with Crippen LogP contribution in [0.4, 0.5) is 0 Å². The van der Waals surface area contributed by atoms with Gasteiger partial charge in [-0.1, -0.05) is 29.8 Å². The number of nitrogens with zero attached hydrogens (tertiary/aromatic N) is 1. The van der Waals surface area contributed by atoms with E-state index in [2.05, 4.69) is 31.2 Å². The SMILES string of the molecule is CC(C)C(Br)C(=O)NCCc1cnc[nH]1. The lowest BCUT2D eigenvalue weighted by atomic mass is 10.1. The van der Waals surface area contributed by atoms with Crippen molar-refractivity contribution in [3.8, 4) is 0 Å². The van der Waals surface area contributed by atoms with Crippen molar-refractivity contribution in [3.63, 3.8) is 0 Å². The summed E-state index contributed by atoms with van der Waals surface area (Å²) in [5.74, 6) is 0.349. The van der Waals surface area contributed by atoms with Crippen molar-refractivity contribution >= 4 is 21.8 Å². The van der Waals surface area contributed by atoms with Crippen molar-refractivity contribution in [2.24, 2.45) is 5.92 Å². The van der Waals surface area contributed by atoms with Crippen LogP contribution in [0.2, 0.25) is 0 Å². The third-order valence-corrected chi connectivity index (χ3v) is 3.56. The minimum Gasteiger partial charge on any atom is -0.355 e. The standard InChI is InChI=1S/C10H16BrN3O/c1-7(2)9(11)10(15)13-4-3-8-5-12-6-14-8/h5-7,9H,3-4H2,1-2H3,(H,12,14)(H,13,15). The Balaban J connectivity index is 2.23. The zero-order valence-electron chi connectivity index (χ0n) is 8.96. The van der Waals surface area contributed by atoms with Crippen molar-refractivity contribution in [1.29, 1.82) is 0 Å². The Morgan fingerprint density at radius 2 is 2.40 bits per heavy atom. The van der Waals surface area contributed by atoms with E-state index in [0.29, 0.717) is 12.5 Å². The Hall–Kier alpha value is -0.840. The number of imidazole rings is 1. The first kappa shape index (κ1) is 12.2. The van der Waals surface area contributed by atoms with Gasteiger partial charge in [-0.15, -0.1) is 0 Å². The molecule has 1 atom stereocenters. The first-order valence-corrected chi connectivity index (χ1v) is 5.92. The summed E-state index contributed by atoms with van der Waals surface area (Å²) >= 11 is 3.35. The molecule has 1 aromatic heterocycles. The van der Waals surface area contributed by atoms with Crippen molar-refractivity contribution in [1.82, 2.24) is 15.3 Å². The molecular formula is C10H16BrN3O. The molecule has 0 saturated heterocycles. The normalized spacial score (nSPS) is 12.8. The minimum absolute atomic E-state index is 0.0458. The number of hydrogen-bond acceptors (Lipinski definition) is 2. The van der Waals surface area contributed by atoms with Crippen LogP contribution in [0.25, 0.3) is 0 Å². The zero-order valence-corrected chi connectivity index (χ0v) is 10.5. The smallest absolute Gasteiger partial charge is 0.234 e. The summed E-state index contributed by atoms with van der Waals surface area (Å²) in [4.78, 5) is 18.3. The number of carbonyl (C=O) groups excluding carboxylic acids is 1. The highest BCUT2D eigenvalue weighted by Crippen LogP contribution is 2.11. The van der Waals surface area contributed by atoms with Crippen LogP contribution in [0.5, 0.6) is 0 Å². The Morgan fingerprint density at radius 1 is 1.67 bits per heavy atom. The zero-order chi connectivity index (χ0) is 11.3. The largest absolute Gasteiger partial charge is 0.355 e. The van der Waals surface area contributed by atoms with Gasteiger partial charge in [-0.05, 0) is 5.92 Å². The molecule has 0 saturated carbocycles. The molecule has 0 aromatic carbocycles. The molecule has 1 amide bonds. The molecule has 0 aliphatic heterocycles. The maximum absolute atomic E-state index is 11.5. The lowest BCUT2D eigenvalue weighted by Crippen LogP contribution is -2.35. The summed E-state index contributed by atoms with van der Waals surface area (Å²) in [6.45, 7) is 4.65. The molecular weight excluding hydrogens is 258 g/mol. The van der Waals surface area contributed by atoms with E-state index >= 15 is 0 Å². The van der Waals surface area contributed by atoms with E-state index in [1.165, 1.54) is 0 Å². The van der Waals surface area contributed by atoms with Crippen LogP contribution < -0.4 is 5.32 Å². The number of H-pyrrole nitrogens is 1. The van der Waals surface area contributed by atoms with Gasteiger partial charge in [0.1, 0.15) is 0 Å². The van der Waals surface area contributed by atoms with Crippen molar-refractivity contribution in [2.45, 2.75) is 25.1 Å². The molecule has 1 heterocycles. The second-order valence-corrected chi connectivity index (χ2v) is 4.75. The fraction of sp³-hybridized carbons (Fsp3) is 0.600. The van der Waals surface area contributed by atoms with Gasteiger partial charge in [0.25, 0.3) is 0 Å².